The fourth-order valence-electron chi connectivity index (χ4n) is 8.89. The van der Waals surface area contributed by atoms with Gasteiger partial charge in [-0.05, 0) is 72.3 Å². The van der Waals surface area contributed by atoms with Crippen LogP contribution in [0, 0.1) is 11.3 Å². The van der Waals surface area contributed by atoms with Crippen LogP contribution in [0.4, 0.5) is 0 Å². The van der Waals surface area contributed by atoms with Crippen LogP contribution < -0.4 is 0 Å². The molecule has 250 valence electrons. The Bertz CT molecular complexity index is 3570. The summed E-state index contributed by atoms with van der Waals surface area (Å²) in [4.78, 5) is 0. The van der Waals surface area contributed by atoms with E-state index in [-0.39, 0.29) is 0 Å². The van der Waals surface area contributed by atoms with Gasteiger partial charge in [-0.1, -0.05) is 97.1 Å². The Morgan fingerprint density at radius 1 is 0.407 bits per heavy atom. The van der Waals surface area contributed by atoms with Gasteiger partial charge in [-0.25, -0.2) is 0 Å². The molecule has 0 spiro atoms. The summed E-state index contributed by atoms with van der Waals surface area (Å²) in [6.07, 6.45) is 0. The number of aromatic nitrogens is 2. The van der Waals surface area contributed by atoms with Gasteiger partial charge >= 0.3 is 0 Å². The number of nitrogens with zero attached hydrogens (tertiary/aromatic N) is 3. The van der Waals surface area contributed by atoms with Gasteiger partial charge in [0.05, 0.1) is 44.1 Å². The van der Waals surface area contributed by atoms with Crippen molar-refractivity contribution >= 4 is 87.5 Å². The summed E-state index contributed by atoms with van der Waals surface area (Å²) in [5.74, 6) is 0. The minimum Gasteiger partial charge on any atom is -0.455 e. The molecule has 4 heterocycles. The number of para-hydroxylation sites is 5. The highest BCUT2D eigenvalue weighted by atomic mass is 16.3. The van der Waals surface area contributed by atoms with Gasteiger partial charge in [0.25, 0.3) is 0 Å². The van der Waals surface area contributed by atoms with Crippen molar-refractivity contribution < 1.29 is 8.83 Å². The van der Waals surface area contributed by atoms with Crippen LogP contribution >= 0.6 is 0 Å². The Labute approximate surface area is 307 Å². The maximum absolute atomic E-state index is 10.6. The Morgan fingerprint density at radius 2 is 0.926 bits per heavy atom. The Morgan fingerprint density at radius 3 is 1.52 bits per heavy atom. The molecular formula is C49H27N3O2. The van der Waals surface area contributed by atoms with Crippen LogP contribution in [0.3, 0.4) is 0 Å². The van der Waals surface area contributed by atoms with Crippen LogP contribution in [0.1, 0.15) is 5.56 Å². The van der Waals surface area contributed by atoms with E-state index in [1.807, 2.05) is 42.5 Å². The lowest BCUT2D eigenvalue weighted by Gasteiger charge is -2.16. The van der Waals surface area contributed by atoms with Crippen LogP contribution in [-0.2, 0) is 0 Å². The maximum atomic E-state index is 10.6. The molecule has 54 heavy (non-hydrogen) atoms. The second kappa shape index (κ2) is 10.7. The topological polar surface area (TPSA) is 59.9 Å². The van der Waals surface area contributed by atoms with Gasteiger partial charge in [-0.15, -0.1) is 0 Å². The number of fused-ring (bicyclic) bond motifs is 14. The van der Waals surface area contributed by atoms with E-state index in [0.717, 1.165) is 110 Å². The summed E-state index contributed by atoms with van der Waals surface area (Å²) in [6.45, 7) is 0. The van der Waals surface area contributed by atoms with Gasteiger partial charge in [-0.3, -0.25) is 0 Å². The molecular weight excluding hydrogens is 663 g/mol. The second-order valence-electron chi connectivity index (χ2n) is 13.9. The van der Waals surface area contributed by atoms with E-state index in [4.69, 9.17) is 8.83 Å². The van der Waals surface area contributed by atoms with Crippen LogP contribution in [0.5, 0.6) is 0 Å². The lowest BCUT2D eigenvalue weighted by molar-refractivity contribution is 0.672. The molecule has 5 nitrogen and oxygen atoms in total. The zero-order chi connectivity index (χ0) is 35.5. The number of rotatable bonds is 3. The summed E-state index contributed by atoms with van der Waals surface area (Å²) in [6, 6.07) is 59.3. The third-order valence-electron chi connectivity index (χ3n) is 11.2. The number of hydrogen-bond donors (Lipinski definition) is 0. The summed E-state index contributed by atoms with van der Waals surface area (Å²) >= 11 is 0. The Hall–Kier alpha value is -7.55. The van der Waals surface area contributed by atoms with E-state index in [1.54, 1.807) is 0 Å². The van der Waals surface area contributed by atoms with E-state index in [9.17, 15) is 5.26 Å². The van der Waals surface area contributed by atoms with Gasteiger partial charge in [-0.2, -0.15) is 5.26 Å². The third kappa shape index (κ3) is 3.81. The highest BCUT2D eigenvalue weighted by molar-refractivity contribution is 6.25. The normalized spacial score (nSPS) is 12.1. The van der Waals surface area contributed by atoms with Gasteiger partial charge in [0, 0.05) is 43.6 Å². The molecule has 0 amide bonds. The predicted molar refractivity (Wildman–Crippen MR) is 220 cm³/mol. The molecule has 0 aliphatic heterocycles. The lowest BCUT2D eigenvalue weighted by Crippen LogP contribution is -2.01. The molecule has 8 aromatic carbocycles. The quantitative estimate of drug-likeness (QED) is 0.185. The molecule has 0 aliphatic rings. The SMILES string of the molecule is N#Cc1cccc(-c2ccc(-n3c4ccccc4c4c5oc6ccccc6c5ccc43)cc2)c1-n1c2ccccc2c2c3oc4ccccc4c3ccc21. The van der Waals surface area contributed by atoms with E-state index in [1.165, 1.54) is 0 Å². The highest BCUT2D eigenvalue weighted by Gasteiger charge is 2.23. The van der Waals surface area contributed by atoms with Crippen molar-refractivity contribution in [3.05, 3.63) is 169 Å². The number of furan rings is 2. The van der Waals surface area contributed by atoms with Crippen molar-refractivity contribution in [3.8, 4) is 28.6 Å². The van der Waals surface area contributed by atoms with Crippen molar-refractivity contribution in [2.75, 3.05) is 0 Å². The first-order chi connectivity index (χ1) is 26.8. The van der Waals surface area contributed by atoms with E-state index in [2.05, 4.69) is 137 Å². The van der Waals surface area contributed by atoms with Gasteiger partial charge in [0.2, 0.25) is 0 Å². The molecule has 0 N–H and O–H groups in total. The van der Waals surface area contributed by atoms with E-state index >= 15 is 0 Å². The minimum atomic E-state index is 0.598. The summed E-state index contributed by atoms with van der Waals surface area (Å²) in [5.41, 5.74) is 12.2. The second-order valence-corrected chi connectivity index (χ2v) is 13.9. The molecule has 0 unspecified atom stereocenters. The van der Waals surface area contributed by atoms with E-state index in [0.29, 0.717) is 5.56 Å². The zero-order valence-corrected chi connectivity index (χ0v) is 28.7. The Kier molecular flexibility index (Phi) is 5.78. The van der Waals surface area contributed by atoms with Gasteiger partial charge in [0.15, 0.2) is 0 Å². The molecule has 5 heteroatoms. The molecule has 0 fully saturated rings. The first-order valence-electron chi connectivity index (χ1n) is 18.1. The molecule has 12 rings (SSSR count). The largest absolute Gasteiger partial charge is 0.455 e. The summed E-state index contributed by atoms with van der Waals surface area (Å²) in [5, 5.41) is 19.4. The van der Waals surface area contributed by atoms with Crippen molar-refractivity contribution in [3.63, 3.8) is 0 Å². The Balaban J connectivity index is 1.08. The average molecular weight is 690 g/mol. The fourth-order valence-corrected chi connectivity index (χ4v) is 8.89. The van der Waals surface area contributed by atoms with Gasteiger partial charge in [0.1, 0.15) is 28.4 Å². The fraction of sp³-hybridized carbons (Fsp3) is 0. The highest BCUT2D eigenvalue weighted by Crippen LogP contribution is 2.44. The third-order valence-corrected chi connectivity index (χ3v) is 11.2. The molecule has 4 aromatic heterocycles. The molecule has 0 bridgehead atoms. The van der Waals surface area contributed by atoms with Crippen molar-refractivity contribution in [2.24, 2.45) is 0 Å². The van der Waals surface area contributed by atoms with Crippen LogP contribution in [0.2, 0.25) is 0 Å². The maximum Gasteiger partial charge on any atom is 0.145 e. The zero-order valence-electron chi connectivity index (χ0n) is 28.7. The minimum absolute atomic E-state index is 0.598. The lowest BCUT2D eigenvalue weighted by atomic mass is 9.99. The molecule has 0 atom stereocenters. The first-order valence-corrected chi connectivity index (χ1v) is 18.1. The van der Waals surface area contributed by atoms with Crippen LogP contribution in [-0.4, -0.2) is 9.13 Å². The molecule has 0 radical (unpaired) electrons. The van der Waals surface area contributed by atoms with Crippen LogP contribution in [0.25, 0.3) is 110 Å². The summed E-state index contributed by atoms with van der Waals surface area (Å²) in [7, 11) is 0. The molecule has 12 aromatic rings. The van der Waals surface area contributed by atoms with Crippen molar-refractivity contribution in [2.45, 2.75) is 0 Å². The van der Waals surface area contributed by atoms with Crippen LogP contribution in [0.15, 0.2) is 173 Å². The van der Waals surface area contributed by atoms with Gasteiger partial charge < -0.3 is 18.0 Å². The number of hydrogen-bond acceptors (Lipinski definition) is 3. The molecule has 0 saturated heterocycles. The smallest absolute Gasteiger partial charge is 0.145 e. The van der Waals surface area contributed by atoms with Crippen molar-refractivity contribution in [1.29, 1.82) is 5.26 Å². The molecule has 0 aliphatic carbocycles. The molecule has 0 saturated carbocycles. The average Bonchev–Trinajstić information content (AvgIpc) is 3.98. The predicted octanol–water partition coefficient (Wildman–Crippen LogP) is 13.2. The standard InChI is InChI=1S/C49H27N3O2/c50-28-30-10-9-15-32(47(30)52-40-17-6-2-14-38(40)46-42(52)27-25-36-34-12-4-8-19-44(34)54-49(36)46)29-20-22-31(23-21-29)51-39-16-5-1-13-37(39)45-41(51)26-24-35-33-11-3-7-18-43(33)53-48(35)45/h1-27H. The van der Waals surface area contributed by atoms with E-state index < -0.39 is 0 Å². The number of nitriles is 1. The van der Waals surface area contributed by atoms with Crippen molar-refractivity contribution in [1.82, 2.24) is 9.13 Å². The number of benzene rings is 8. The monoisotopic (exact) mass is 689 g/mol. The summed E-state index contributed by atoms with van der Waals surface area (Å²) < 4.78 is 17.6. The first kappa shape index (κ1) is 29.1.